The standard InChI is InChI=1S/C24H24Cl2N2O5S/c1-32-20-4-3-5-21(15-20)33-13-12-27-24(29)18-8-6-17(7-9-18)16-28(34(2,30)31)23-11-10-19(25)14-22(23)26/h3-11,14-15H,12-13,16H2,1-2H3,(H,27,29). The fourth-order valence-corrected chi connectivity index (χ4v) is 4.58. The summed E-state index contributed by atoms with van der Waals surface area (Å²) in [7, 11) is -2.04. The van der Waals surface area contributed by atoms with E-state index in [2.05, 4.69) is 5.32 Å². The van der Waals surface area contributed by atoms with Crippen molar-refractivity contribution in [3.05, 3.63) is 87.9 Å². The van der Waals surface area contributed by atoms with Crippen LogP contribution in [0.3, 0.4) is 0 Å². The number of ether oxygens (including phenoxy) is 2. The molecule has 0 aliphatic heterocycles. The van der Waals surface area contributed by atoms with Crippen molar-refractivity contribution < 1.29 is 22.7 Å². The smallest absolute Gasteiger partial charge is 0.251 e. The summed E-state index contributed by atoms with van der Waals surface area (Å²) >= 11 is 12.1. The quantitative estimate of drug-likeness (QED) is 0.387. The molecular weight excluding hydrogens is 499 g/mol. The van der Waals surface area contributed by atoms with Crippen molar-refractivity contribution in [2.75, 3.05) is 30.8 Å². The van der Waals surface area contributed by atoms with Crippen LogP contribution in [0.5, 0.6) is 11.5 Å². The van der Waals surface area contributed by atoms with Crippen LogP contribution in [-0.4, -0.2) is 40.8 Å². The van der Waals surface area contributed by atoms with E-state index in [1.807, 2.05) is 12.1 Å². The van der Waals surface area contributed by atoms with Crippen molar-refractivity contribution in [3.63, 3.8) is 0 Å². The normalized spacial score (nSPS) is 11.1. The lowest BCUT2D eigenvalue weighted by Crippen LogP contribution is -2.30. The lowest BCUT2D eigenvalue weighted by molar-refractivity contribution is 0.0947. The van der Waals surface area contributed by atoms with E-state index >= 15 is 0 Å². The lowest BCUT2D eigenvalue weighted by atomic mass is 10.1. The van der Waals surface area contributed by atoms with Gasteiger partial charge in [0.25, 0.3) is 5.91 Å². The molecule has 0 saturated heterocycles. The first-order valence-corrected chi connectivity index (χ1v) is 12.8. The van der Waals surface area contributed by atoms with Crippen molar-refractivity contribution in [1.29, 1.82) is 0 Å². The van der Waals surface area contributed by atoms with E-state index in [0.717, 1.165) is 6.26 Å². The third-order valence-electron chi connectivity index (χ3n) is 4.82. The summed E-state index contributed by atoms with van der Waals surface area (Å²) < 4.78 is 36.7. The molecule has 3 aromatic rings. The maximum Gasteiger partial charge on any atom is 0.251 e. The number of methoxy groups -OCH3 is 1. The zero-order valence-electron chi connectivity index (χ0n) is 18.6. The Morgan fingerprint density at radius 2 is 1.71 bits per heavy atom. The number of hydrogen-bond donors (Lipinski definition) is 1. The monoisotopic (exact) mass is 522 g/mol. The second kappa shape index (κ2) is 11.5. The molecule has 0 fully saturated rings. The van der Waals surface area contributed by atoms with E-state index in [-0.39, 0.29) is 17.5 Å². The third-order valence-corrected chi connectivity index (χ3v) is 6.48. The molecule has 0 aliphatic rings. The molecule has 34 heavy (non-hydrogen) atoms. The van der Waals surface area contributed by atoms with E-state index in [1.165, 1.54) is 10.4 Å². The van der Waals surface area contributed by atoms with Gasteiger partial charge in [-0.05, 0) is 48.0 Å². The largest absolute Gasteiger partial charge is 0.497 e. The molecule has 10 heteroatoms. The number of nitrogens with one attached hydrogen (secondary N) is 1. The fourth-order valence-electron chi connectivity index (χ4n) is 3.12. The number of anilines is 1. The van der Waals surface area contributed by atoms with Crippen LogP contribution in [-0.2, 0) is 16.6 Å². The summed E-state index contributed by atoms with van der Waals surface area (Å²) in [5.41, 5.74) is 1.46. The number of amides is 1. The van der Waals surface area contributed by atoms with Gasteiger partial charge in [0.2, 0.25) is 10.0 Å². The van der Waals surface area contributed by atoms with Gasteiger partial charge in [-0.25, -0.2) is 8.42 Å². The van der Waals surface area contributed by atoms with Crippen LogP contribution in [0.25, 0.3) is 0 Å². The second-order valence-electron chi connectivity index (χ2n) is 7.35. The van der Waals surface area contributed by atoms with E-state index in [9.17, 15) is 13.2 Å². The van der Waals surface area contributed by atoms with Gasteiger partial charge in [0.05, 0.1) is 37.2 Å². The van der Waals surface area contributed by atoms with Gasteiger partial charge in [-0.2, -0.15) is 0 Å². The average molecular weight is 523 g/mol. The molecule has 1 N–H and O–H groups in total. The summed E-state index contributed by atoms with van der Waals surface area (Å²) in [4.78, 5) is 12.4. The van der Waals surface area contributed by atoms with Crippen LogP contribution >= 0.6 is 23.2 Å². The number of carbonyl (C=O) groups excluding carboxylic acids is 1. The highest BCUT2D eigenvalue weighted by Crippen LogP contribution is 2.31. The first-order valence-electron chi connectivity index (χ1n) is 10.2. The van der Waals surface area contributed by atoms with Gasteiger partial charge < -0.3 is 14.8 Å². The minimum atomic E-state index is -3.62. The van der Waals surface area contributed by atoms with Gasteiger partial charge in [0.1, 0.15) is 18.1 Å². The molecule has 0 spiro atoms. The number of carbonyl (C=O) groups is 1. The van der Waals surface area contributed by atoms with Gasteiger partial charge >= 0.3 is 0 Å². The van der Waals surface area contributed by atoms with Gasteiger partial charge in [-0.1, -0.05) is 41.4 Å². The summed E-state index contributed by atoms with van der Waals surface area (Å²) in [5.74, 6) is 1.07. The summed E-state index contributed by atoms with van der Waals surface area (Å²) in [5, 5.41) is 3.43. The minimum absolute atomic E-state index is 0.0520. The van der Waals surface area contributed by atoms with Gasteiger partial charge in [0.15, 0.2) is 0 Å². The number of benzene rings is 3. The van der Waals surface area contributed by atoms with E-state index in [0.29, 0.717) is 46.5 Å². The minimum Gasteiger partial charge on any atom is -0.497 e. The zero-order chi connectivity index (χ0) is 24.7. The van der Waals surface area contributed by atoms with E-state index in [4.69, 9.17) is 32.7 Å². The highest BCUT2D eigenvalue weighted by atomic mass is 35.5. The van der Waals surface area contributed by atoms with Crippen molar-refractivity contribution in [2.45, 2.75) is 6.54 Å². The number of sulfonamides is 1. The molecule has 180 valence electrons. The molecule has 0 heterocycles. The topological polar surface area (TPSA) is 84.9 Å². The Morgan fingerprint density at radius 3 is 2.35 bits per heavy atom. The van der Waals surface area contributed by atoms with Crippen molar-refractivity contribution in [3.8, 4) is 11.5 Å². The molecule has 7 nitrogen and oxygen atoms in total. The summed E-state index contributed by atoms with van der Waals surface area (Å²) in [6.45, 7) is 0.660. The molecule has 0 radical (unpaired) electrons. The zero-order valence-corrected chi connectivity index (χ0v) is 21.0. The maximum atomic E-state index is 12.4. The van der Waals surface area contributed by atoms with E-state index < -0.39 is 10.0 Å². The number of rotatable bonds is 10. The first kappa shape index (κ1) is 25.7. The molecule has 0 unspecified atom stereocenters. The number of nitrogens with zero attached hydrogens (tertiary/aromatic N) is 1. The molecule has 0 bridgehead atoms. The van der Waals surface area contributed by atoms with Crippen LogP contribution in [0, 0.1) is 0 Å². The van der Waals surface area contributed by atoms with Crippen molar-refractivity contribution in [1.82, 2.24) is 5.32 Å². The van der Waals surface area contributed by atoms with Crippen LogP contribution in [0.1, 0.15) is 15.9 Å². The lowest BCUT2D eigenvalue weighted by Gasteiger charge is -2.23. The predicted molar refractivity (Wildman–Crippen MR) is 135 cm³/mol. The van der Waals surface area contributed by atoms with Crippen molar-refractivity contribution >= 4 is 44.8 Å². The Bertz CT molecular complexity index is 1250. The molecule has 0 aromatic heterocycles. The van der Waals surface area contributed by atoms with Crippen LogP contribution in [0.4, 0.5) is 5.69 Å². The van der Waals surface area contributed by atoms with Gasteiger partial charge in [0, 0.05) is 16.7 Å². The molecule has 1 amide bonds. The molecule has 3 rings (SSSR count). The van der Waals surface area contributed by atoms with Gasteiger partial charge in [-0.15, -0.1) is 0 Å². The molecule has 3 aromatic carbocycles. The maximum absolute atomic E-state index is 12.4. The molecule has 0 aliphatic carbocycles. The highest BCUT2D eigenvalue weighted by Gasteiger charge is 2.21. The second-order valence-corrected chi connectivity index (χ2v) is 10.1. The molecule has 0 saturated carbocycles. The highest BCUT2D eigenvalue weighted by molar-refractivity contribution is 7.92. The van der Waals surface area contributed by atoms with Crippen LogP contribution in [0.15, 0.2) is 66.7 Å². The van der Waals surface area contributed by atoms with E-state index in [1.54, 1.807) is 55.6 Å². The number of hydrogen-bond acceptors (Lipinski definition) is 5. The average Bonchev–Trinajstić information content (AvgIpc) is 2.80. The van der Waals surface area contributed by atoms with Crippen molar-refractivity contribution in [2.24, 2.45) is 0 Å². The van der Waals surface area contributed by atoms with Gasteiger partial charge in [-0.3, -0.25) is 9.10 Å². The van der Waals surface area contributed by atoms with Crippen LogP contribution < -0.4 is 19.1 Å². The molecule has 0 atom stereocenters. The Balaban J connectivity index is 1.59. The Morgan fingerprint density at radius 1 is 1.00 bits per heavy atom. The first-order chi connectivity index (χ1) is 16.2. The summed E-state index contributed by atoms with van der Waals surface area (Å²) in [6.07, 6.45) is 1.10. The third kappa shape index (κ3) is 7.03. The fraction of sp³-hybridized carbons (Fsp3) is 0.208. The number of halogens is 2. The Hall–Kier alpha value is -2.94. The van der Waals surface area contributed by atoms with Crippen LogP contribution in [0.2, 0.25) is 10.0 Å². The SMILES string of the molecule is COc1cccc(OCCNC(=O)c2ccc(CN(c3ccc(Cl)cc3Cl)S(C)(=O)=O)cc2)c1. The summed E-state index contributed by atoms with van der Waals surface area (Å²) in [6, 6.07) is 18.5. The Kier molecular flexibility index (Phi) is 8.66. The molecular formula is C24H24Cl2N2O5S. The Labute approximate surface area is 209 Å². The predicted octanol–water partition coefficient (Wildman–Crippen LogP) is 4.78.